The van der Waals surface area contributed by atoms with Crippen LogP contribution in [0.15, 0.2) is 48.5 Å². The normalized spacial score (nSPS) is 16.2. The van der Waals surface area contributed by atoms with E-state index in [1.54, 1.807) is 6.07 Å². The van der Waals surface area contributed by atoms with E-state index < -0.39 is 0 Å². The van der Waals surface area contributed by atoms with Crippen molar-refractivity contribution in [2.45, 2.75) is 46.7 Å². The topological polar surface area (TPSA) is 63.1 Å². The molecule has 0 spiro atoms. The number of nitrogens with zero attached hydrogens (tertiary/aromatic N) is 5. The van der Waals surface area contributed by atoms with Gasteiger partial charge in [-0.2, -0.15) is 5.10 Å². The molecule has 0 bridgehead atoms. The summed E-state index contributed by atoms with van der Waals surface area (Å²) < 4.78 is 13.1. The smallest absolute Gasteiger partial charge is 0.254 e. The Morgan fingerprint density at radius 3 is 2.46 bits per heavy atom. The highest BCUT2D eigenvalue weighted by atomic mass is 16.7. The summed E-state index contributed by atoms with van der Waals surface area (Å²) in [6, 6.07) is 15.8. The number of likely N-dealkylation sites (N-methyl/N-ethyl adjacent to an activating group) is 1. The summed E-state index contributed by atoms with van der Waals surface area (Å²) >= 11 is 0. The Hall–Kier alpha value is -3.52. The van der Waals surface area contributed by atoms with Gasteiger partial charge in [-0.05, 0) is 57.1 Å². The van der Waals surface area contributed by atoms with Crippen molar-refractivity contribution >= 4 is 11.7 Å². The van der Waals surface area contributed by atoms with Crippen molar-refractivity contribution in [3.8, 4) is 17.2 Å². The van der Waals surface area contributed by atoms with Gasteiger partial charge < -0.3 is 24.2 Å². The number of aryl methyl sites for hydroxylation is 1. The fourth-order valence-corrected chi connectivity index (χ4v) is 5.10. The highest BCUT2D eigenvalue weighted by Crippen LogP contribution is 2.34. The zero-order valence-electron chi connectivity index (χ0n) is 22.3. The molecule has 0 aliphatic carbocycles. The molecule has 0 radical (unpaired) electrons. The lowest BCUT2D eigenvalue weighted by atomic mass is 10.1. The Morgan fingerprint density at radius 1 is 1.03 bits per heavy atom. The van der Waals surface area contributed by atoms with Gasteiger partial charge in [0.2, 0.25) is 6.79 Å². The van der Waals surface area contributed by atoms with Gasteiger partial charge in [-0.15, -0.1) is 0 Å². The third-order valence-electron chi connectivity index (χ3n) is 7.61. The van der Waals surface area contributed by atoms with Crippen molar-refractivity contribution in [3.05, 3.63) is 65.4 Å². The molecule has 37 heavy (non-hydrogen) atoms. The average molecular weight is 504 g/mol. The van der Waals surface area contributed by atoms with E-state index in [0.29, 0.717) is 23.6 Å². The van der Waals surface area contributed by atoms with Gasteiger partial charge in [0.05, 0.1) is 17.9 Å². The molecule has 2 aliphatic rings. The maximum Gasteiger partial charge on any atom is 0.254 e. The van der Waals surface area contributed by atoms with Crippen molar-refractivity contribution in [1.29, 1.82) is 0 Å². The first kappa shape index (κ1) is 25.1. The van der Waals surface area contributed by atoms with Gasteiger partial charge in [-0.25, -0.2) is 4.68 Å². The molecule has 1 saturated heterocycles. The van der Waals surface area contributed by atoms with E-state index in [1.165, 1.54) is 0 Å². The van der Waals surface area contributed by atoms with Crippen molar-refractivity contribution in [1.82, 2.24) is 19.6 Å². The predicted octanol–water partition coefficient (Wildman–Crippen LogP) is 4.49. The number of aromatic nitrogens is 2. The number of rotatable bonds is 8. The number of amides is 1. The van der Waals surface area contributed by atoms with E-state index in [2.05, 4.69) is 54.3 Å². The maximum absolute atomic E-state index is 13.9. The molecule has 8 heteroatoms. The monoisotopic (exact) mass is 503 g/mol. The molecular formula is C29H37N5O3. The minimum Gasteiger partial charge on any atom is -0.454 e. The predicted molar refractivity (Wildman–Crippen MR) is 145 cm³/mol. The Kier molecular flexibility index (Phi) is 7.37. The van der Waals surface area contributed by atoms with Gasteiger partial charge in [0.1, 0.15) is 5.82 Å². The number of para-hydroxylation sites is 1. The van der Waals surface area contributed by atoms with Gasteiger partial charge in [0.25, 0.3) is 5.91 Å². The first-order valence-corrected chi connectivity index (χ1v) is 13.3. The quantitative estimate of drug-likeness (QED) is 0.451. The molecule has 1 aromatic heterocycles. The largest absolute Gasteiger partial charge is 0.454 e. The van der Waals surface area contributed by atoms with E-state index in [9.17, 15) is 4.79 Å². The molecule has 1 atom stereocenters. The average Bonchev–Trinajstić information content (AvgIpc) is 3.55. The van der Waals surface area contributed by atoms with Crippen LogP contribution in [0.5, 0.6) is 11.5 Å². The number of benzene rings is 2. The summed E-state index contributed by atoms with van der Waals surface area (Å²) in [6.07, 6.45) is 0.854. The molecule has 3 aromatic rings. The van der Waals surface area contributed by atoms with Crippen LogP contribution in [-0.2, 0) is 6.54 Å². The van der Waals surface area contributed by atoms with Gasteiger partial charge in [-0.3, -0.25) is 4.79 Å². The van der Waals surface area contributed by atoms with E-state index in [-0.39, 0.29) is 18.7 Å². The Morgan fingerprint density at radius 2 is 1.76 bits per heavy atom. The first-order chi connectivity index (χ1) is 18.0. The van der Waals surface area contributed by atoms with E-state index in [1.807, 2.05) is 35.2 Å². The number of ether oxygens (including phenoxy) is 2. The fourth-order valence-electron chi connectivity index (χ4n) is 5.10. The summed E-state index contributed by atoms with van der Waals surface area (Å²) in [5.74, 6) is 2.38. The summed E-state index contributed by atoms with van der Waals surface area (Å²) in [7, 11) is 0. The number of piperazine rings is 1. The standard InChI is InChI=1S/C29H37N5O3/c1-5-21(3)33(29(35)23-12-13-26-27(18-23)37-20-36-26)19-25-22(4)30-34(24-10-8-7-9-11-24)28(25)32-16-14-31(6-2)15-17-32/h7-13,18,21H,5-6,14-17,19-20H2,1-4H3. The van der Waals surface area contributed by atoms with Crippen molar-refractivity contribution in [2.24, 2.45) is 0 Å². The second kappa shape index (κ2) is 10.8. The van der Waals surface area contributed by atoms with Gasteiger partial charge in [-0.1, -0.05) is 32.0 Å². The highest BCUT2D eigenvalue weighted by molar-refractivity contribution is 5.95. The van der Waals surface area contributed by atoms with Crippen molar-refractivity contribution < 1.29 is 14.3 Å². The van der Waals surface area contributed by atoms with Gasteiger partial charge in [0, 0.05) is 43.3 Å². The number of hydrogen-bond donors (Lipinski definition) is 0. The Balaban J connectivity index is 1.52. The van der Waals surface area contributed by atoms with Crippen LogP contribution < -0.4 is 14.4 Å². The molecule has 8 nitrogen and oxygen atoms in total. The maximum atomic E-state index is 13.9. The second-order valence-corrected chi connectivity index (χ2v) is 9.81. The number of anilines is 1. The number of fused-ring (bicyclic) bond motifs is 1. The number of hydrogen-bond acceptors (Lipinski definition) is 6. The first-order valence-electron chi connectivity index (χ1n) is 13.3. The van der Waals surface area contributed by atoms with Crippen LogP contribution in [0.3, 0.4) is 0 Å². The third-order valence-corrected chi connectivity index (χ3v) is 7.61. The molecule has 5 rings (SSSR count). The van der Waals surface area contributed by atoms with E-state index in [4.69, 9.17) is 14.6 Å². The van der Waals surface area contributed by atoms with E-state index >= 15 is 0 Å². The summed E-state index contributed by atoms with van der Waals surface area (Å²) in [5, 5.41) is 5.00. The summed E-state index contributed by atoms with van der Waals surface area (Å²) in [6.45, 7) is 14.1. The molecular weight excluding hydrogens is 466 g/mol. The molecule has 196 valence electrons. The number of carbonyl (C=O) groups is 1. The molecule has 0 saturated carbocycles. The second-order valence-electron chi connectivity index (χ2n) is 9.81. The third kappa shape index (κ3) is 5.03. The molecule has 1 fully saturated rings. The highest BCUT2D eigenvalue weighted by Gasteiger charge is 2.30. The summed E-state index contributed by atoms with van der Waals surface area (Å²) in [5.41, 5.74) is 3.68. The molecule has 2 aliphatic heterocycles. The molecule has 1 amide bonds. The molecule has 0 N–H and O–H groups in total. The van der Waals surface area contributed by atoms with Crippen LogP contribution in [0.2, 0.25) is 0 Å². The van der Waals surface area contributed by atoms with Crippen LogP contribution >= 0.6 is 0 Å². The van der Waals surface area contributed by atoms with Crippen LogP contribution in [0.4, 0.5) is 5.82 Å². The molecule has 2 aromatic carbocycles. The Bertz CT molecular complexity index is 1230. The van der Waals surface area contributed by atoms with Crippen LogP contribution in [0.25, 0.3) is 5.69 Å². The van der Waals surface area contributed by atoms with Crippen LogP contribution in [-0.4, -0.2) is 71.0 Å². The number of carbonyl (C=O) groups excluding carboxylic acids is 1. The zero-order valence-corrected chi connectivity index (χ0v) is 22.3. The molecule has 1 unspecified atom stereocenters. The fraction of sp³-hybridized carbons (Fsp3) is 0.448. The van der Waals surface area contributed by atoms with Crippen molar-refractivity contribution in [3.63, 3.8) is 0 Å². The van der Waals surface area contributed by atoms with Crippen LogP contribution in [0, 0.1) is 6.92 Å². The lowest BCUT2D eigenvalue weighted by Crippen LogP contribution is -2.47. The Labute approximate surface area is 219 Å². The van der Waals surface area contributed by atoms with Gasteiger partial charge >= 0.3 is 0 Å². The lowest BCUT2D eigenvalue weighted by molar-refractivity contribution is 0.0671. The summed E-state index contributed by atoms with van der Waals surface area (Å²) in [4.78, 5) is 20.8. The van der Waals surface area contributed by atoms with Crippen LogP contribution in [0.1, 0.15) is 48.8 Å². The minimum absolute atomic E-state index is 0.0127. The molecule has 3 heterocycles. The van der Waals surface area contributed by atoms with Crippen molar-refractivity contribution in [2.75, 3.05) is 44.4 Å². The SMILES string of the molecule is CCC(C)N(Cc1c(C)nn(-c2ccccc2)c1N1CCN(CC)CC1)C(=O)c1ccc2c(c1)OCO2. The zero-order chi connectivity index (χ0) is 25.9. The lowest BCUT2D eigenvalue weighted by Gasteiger charge is -2.37. The van der Waals surface area contributed by atoms with Gasteiger partial charge in [0.15, 0.2) is 11.5 Å². The van der Waals surface area contributed by atoms with E-state index in [0.717, 1.165) is 61.9 Å². The minimum atomic E-state index is -0.0127.